The zero-order valence-corrected chi connectivity index (χ0v) is 13.3. The van der Waals surface area contributed by atoms with Crippen molar-refractivity contribution in [2.75, 3.05) is 26.8 Å². The molecule has 1 atom stereocenters. The number of nitriles is 1. The lowest BCUT2D eigenvalue weighted by Gasteiger charge is -2.26. The molecule has 7 heteroatoms. The van der Waals surface area contributed by atoms with Crippen molar-refractivity contribution in [2.45, 2.75) is 17.7 Å². The summed E-state index contributed by atoms with van der Waals surface area (Å²) in [6, 6.07) is 6.13. The Bertz CT molecular complexity index is 649. The first kappa shape index (κ1) is 16.2. The molecule has 1 unspecified atom stereocenters. The van der Waals surface area contributed by atoms with Crippen molar-refractivity contribution in [3.8, 4) is 6.07 Å². The first-order valence-electron chi connectivity index (χ1n) is 6.69. The van der Waals surface area contributed by atoms with E-state index in [-0.39, 0.29) is 15.8 Å². The SMILES string of the molecule is CN(CC1CCCOC1)S(=O)(=O)c1ccc(C#N)cc1Cl. The van der Waals surface area contributed by atoms with Gasteiger partial charge in [0.15, 0.2) is 0 Å². The minimum atomic E-state index is -3.66. The molecule has 0 bridgehead atoms. The zero-order chi connectivity index (χ0) is 15.5. The summed E-state index contributed by atoms with van der Waals surface area (Å²) in [5.74, 6) is 0.204. The summed E-state index contributed by atoms with van der Waals surface area (Å²) in [6.45, 7) is 1.73. The van der Waals surface area contributed by atoms with E-state index < -0.39 is 10.0 Å². The molecule has 0 amide bonds. The molecule has 1 aromatic carbocycles. The first-order valence-corrected chi connectivity index (χ1v) is 8.50. The average Bonchev–Trinajstić information content (AvgIpc) is 2.47. The molecule has 21 heavy (non-hydrogen) atoms. The van der Waals surface area contributed by atoms with E-state index in [9.17, 15) is 8.42 Å². The Hall–Kier alpha value is -1.13. The summed E-state index contributed by atoms with van der Waals surface area (Å²) >= 11 is 6.00. The highest BCUT2D eigenvalue weighted by molar-refractivity contribution is 7.89. The molecular formula is C14H17ClN2O3S. The van der Waals surface area contributed by atoms with Crippen LogP contribution in [0.25, 0.3) is 0 Å². The monoisotopic (exact) mass is 328 g/mol. The smallest absolute Gasteiger partial charge is 0.244 e. The van der Waals surface area contributed by atoms with Crippen molar-refractivity contribution in [3.63, 3.8) is 0 Å². The van der Waals surface area contributed by atoms with Crippen LogP contribution >= 0.6 is 11.6 Å². The van der Waals surface area contributed by atoms with Gasteiger partial charge in [0.25, 0.3) is 0 Å². The number of nitrogens with zero attached hydrogens (tertiary/aromatic N) is 2. The quantitative estimate of drug-likeness (QED) is 0.850. The molecule has 0 spiro atoms. The molecule has 1 heterocycles. The van der Waals surface area contributed by atoms with Gasteiger partial charge in [0.2, 0.25) is 10.0 Å². The number of ether oxygens (including phenoxy) is 1. The van der Waals surface area contributed by atoms with E-state index in [0.29, 0.717) is 18.7 Å². The van der Waals surface area contributed by atoms with Crippen LogP contribution in [0.15, 0.2) is 23.1 Å². The van der Waals surface area contributed by atoms with Crippen LogP contribution in [-0.4, -0.2) is 39.5 Å². The number of benzene rings is 1. The van der Waals surface area contributed by atoms with Gasteiger partial charge >= 0.3 is 0 Å². The molecule has 0 N–H and O–H groups in total. The van der Waals surface area contributed by atoms with Crippen LogP contribution in [0.5, 0.6) is 0 Å². The van der Waals surface area contributed by atoms with Gasteiger partial charge < -0.3 is 4.74 Å². The van der Waals surface area contributed by atoms with Gasteiger partial charge in [-0.05, 0) is 37.0 Å². The largest absolute Gasteiger partial charge is 0.381 e. The van der Waals surface area contributed by atoms with Crippen LogP contribution in [0.1, 0.15) is 18.4 Å². The van der Waals surface area contributed by atoms with E-state index in [2.05, 4.69) is 0 Å². The number of halogens is 1. The normalized spacial score (nSPS) is 19.4. The van der Waals surface area contributed by atoms with Crippen molar-refractivity contribution in [1.82, 2.24) is 4.31 Å². The molecule has 114 valence electrons. The van der Waals surface area contributed by atoms with E-state index in [1.54, 1.807) is 7.05 Å². The molecular weight excluding hydrogens is 312 g/mol. The van der Waals surface area contributed by atoms with Crippen LogP contribution in [0, 0.1) is 17.2 Å². The summed E-state index contributed by atoms with van der Waals surface area (Å²) in [7, 11) is -2.12. The predicted molar refractivity (Wildman–Crippen MR) is 79.5 cm³/mol. The predicted octanol–water partition coefficient (Wildman–Crippen LogP) is 2.26. The van der Waals surface area contributed by atoms with E-state index in [4.69, 9.17) is 21.6 Å². The van der Waals surface area contributed by atoms with Gasteiger partial charge in [-0.25, -0.2) is 12.7 Å². The molecule has 1 aromatic rings. The summed E-state index contributed by atoms with van der Waals surface area (Å²) in [5.41, 5.74) is 0.335. The maximum Gasteiger partial charge on any atom is 0.244 e. The van der Waals surface area contributed by atoms with Crippen molar-refractivity contribution in [1.29, 1.82) is 5.26 Å². The Balaban J connectivity index is 2.18. The number of hydrogen-bond donors (Lipinski definition) is 0. The summed E-state index contributed by atoms with van der Waals surface area (Å²) < 4.78 is 31.8. The molecule has 5 nitrogen and oxygen atoms in total. The lowest BCUT2D eigenvalue weighted by atomic mass is 10.0. The summed E-state index contributed by atoms with van der Waals surface area (Å²) in [6.07, 6.45) is 1.91. The van der Waals surface area contributed by atoms with Crippen LogP contribution in [-0.2, 0) is 14.8 Å². The minimum Gasteiger partial charge on any atom is -0.381 e. The van der Waals surface area contributed by atoms with Gasteiger partial charge in [0.05, 0.1) is 23.3 Å². The van der Waals surface area contributed by atoms with Gasteiger partial charge in [0.1, 0.15) is 4.90 Å². The fourth-order valence-electron chi connectivity index (χ4n) is 2.36. The third-order valence-electron chi connectivity index (χ3n) is 3.52. The molecule has 0 aromatic heterocycles. The lowest BCUT2D eigenvalue weighted by Crippen LogP contribution is -2.35. The average molecular weight is 329 g/mol. The Morgan fingerprint density at radius 1 is 1.52 bits per heavy atom. The minimum absolute atomic E-state index is 0.0300. The fraction of sp³-hybridized carbons (Fsp3) is 0.500. The van der Waals surface area contributed by atoms with E-state index in [1.807, 2.05) is 6.07 Å². The van der Waals surface area contributed by atoms with Crippen LogP contribution in [0.4, 0.5) is 0 Å². The van der Waals surface area contributed by atoms with Gasteiger partial charge in [-0.3, -0.25) is 0 Å². The lowest BCUT2D eigenvalue weighted by molar-refractivity contribution is 0.0495. The topological polar surface area (TPSA) is 70.4 Å². The second-order valence-electron chi connectivity index (χ2n) is 5.13. The number of rotatable bonds is 4. The Morgan fingerprint density at radius 2 is 2.29 bits per heavy atom. The molecule has 0 radical (unpaired) electrons. The molecule has 0 saturated carbocycles. The second kappa shape index (κ2) is 6.75. The van der Waals surface area contributed by atoms with Crippen molar-refractivity contribution in [2.24, 2.45) is 5.92 Å². The molecule has 2 rings (SSSR count). The summed E-state index contributed by atoms with van der Waals surface area (Å²) in [4.78, 5) is 0.0300. The summed E-state index contributed by atoms with van der Waals surface area (Å²) in [5, 5.41) is 8.87. The van der Waals surface area contributed by atoms with Gasteiger partial charge in [-0.15, -0.1) is 0 Å². The Morgan fingerprint density at radius 3 is 2.86 bits per heavy atom. The molecule has 1 aliphatic rings. The van der Waals surface area contributed by atoms with Crippen LogP contribution < -0.4 is 0 Å². The van der Waals surface area contributed by atoms with Crippen LogP contribution in [0.3, 0.4) is 0 Å². The zero-order valence-electron chi connectivity index (χ0n) is 11.8. The van der Waals surface area contributed by atoms with E-state index in [0.717, 1.165) is 19.4 Å². The van der Waals surface area contributed by atoms with E-state index >= 15 is 0 Å². The first-order chi connectivity index (χ1) is 9.95. The van der Waals surface area contributed by atoms with Crippen molar-refractivity contribution < 1.29 is 13.2 Å². The second-order valence-corrected chi connectivity index (χ2v) is 7.55. The third-order valence-corrected chi connectivity index (χ3v) is 5.83. The van der Waals surface area contributed by atoms with Gasteiger partial charge in [-0.2, -0.15) is 5.26 Å². The maximum atomic E-state index is 12.5. The van der Waals surface area contributed by atoms with Gasteiger partial charge in [0, 0.05) is 20.2 Å². The third kappa shape index (κ3) is 3.74. The highest BCUT2D eigenvalue weighted by Gasteiger charge is 2.27. The van der Waals surface area contributed by atoms with Gasteiger partial charge in [-0.1, -0.05) is 11.6 Å². The van der Waals surface area contributed by atoms with Crippen molar-refractivity contribution in [3.05, 3.63) is 28.8 Å². The highest BCUT2D eigenvalue weighted by Crippen LogP contribution is 2.26. The number of hydrogen-bond acceptors (Lipinski definition) is 4. The van der Waals surface area contributed by atoms with E-state index in [1.165, 1.54) is 22.5 Å². The molecule has 1 fully saturated rings. The number of sulfonamides is 1. The molecule has 1 aliphatic heterocycles. The molecule has 0 aliphatic carbocycles. The standard InChI is InChI=1S/C14H17ClN2O3S/c1-17(9-12-3-2-6-20-10-12)21(18,19)14-5-4-11(8-16)7-13(14)15/h4-5,7,12H,2-3,6,9-10H2,1H3. The highest BCUT2D eigenvalue weighted by atomic mass is 35.5. The Labute approximate surface area is 130 Å². The Kier molecular flexibility index (Phi) is 5.22. The van der Waals surface area contributed by atoms with Crippen molar-refractivity contribution >= 4 is 21.6 Å². The fourth-order valence-corrected chi connectivity index (χ4v) is 4.12. The van der Waals surface area contributed by atoms with Crippen LogP contribution in [0.2, 0.25) is 5.02 Å². The molecule has 1 saturated heterocycles. The maximum absolute atomic E-state index is 12.5.